The Morgan fingerprint density at radius 1 is 0.943 bits per heavy atom. The molecule has 1 fully saturated rings. The molecule has 35 heavy (non-hydrogen) atoms. The number of anilines is 3. The Morgan fingerprint density at radius 2 is 1.77 bits per heavy atom. The van der Waals surface area contributed by atoms with Crippen molar-refractivity contribution in [1.82, 2.24) is 19.4 Å². The van der Waals surface area contributed by atoms with Gasteiger partial charge in [0.05, 0.1) is 5.52 Å². The number of amides is 1. The van der Waals surface area contributed by atoms with Crippen molar-refractivity contribution in [3.8, 4) is 11.8 Å². The van der Waals surface area contributed by atoms with E-state index in [1.807, 2.05) is 28.9 Å². The largest absolute Gasteiger partial charge is 0.340 e. The van der Waals surface area contributed by atoms with E-state index in [4.69, 9.17) is 0 Å². The van der Waals surface area contributed by atoms with Gasteiger partial charge in [-0.2, -0.15) is 0 Å². The van der Waals surface area contributed by atoms with Crippen molar-refractivity contribution in [2.45, 2.75) is 25.2 Å². The predicted octanol–water partition coefficient (Wildman–Crippen LogP) is 5.06. The van der Waals surface area contributed by atoms with Crippen LogP contribution in [0.25, 0.3) is 16.6 Å². The highest BCUT2D eigenvalue weighted by Crippen LogP contribution is 2.53. The van der Waals surface area contributed by atoms with Crippen molar-refractivity contribution < 1.29 is 4.79 Å². The molecule has 6 rings (SSSR count). The maximum absolute atomic E-state index is 11.9. The van der Waals surface area contributed by atoms with Crippen molar-refractivity contribution in [3.05, 3.63) is 90.6 Å². The molecule has 0 saturated heterocycles. The minimum Gasteiger partial charge on any atom is -0.340 e. The second-order valence-corrected chi connectivity index (χ2v) is 8.68. The maximum atomic E-state index is 11.9. The highest BCUT2D eigenvalue weighted by Gasteiger charge is 2.45. The smallest absolute Gasteiger partial charge is 0.300 e. The second-order valence-electron chi connectivity index (χ2n) is 8.68. The number of carbonyl (C=O) groups is 1. The maximum Gasteiger partial charge on any atom is 0.300 e. The Morgan fingerprint density at radius 3 is 2.57 bits per heavy atom. The van der Waals surface area contributed by atoms with Crippen LogP contribution in [-0.4, -0.2) is 25.3 Å². The summed E-state index contributed by atoms with van der Waals surface area (Å²) in [7, 11) is 0. The minimum absolute atomic E-state index is 0.0579. The van der Waals surface area contributed by atoms with Gasteiger partial charge in [-0.15, -0.1) is 0 Å². The molecule has 0 aliphatic heterocycles. The molecule has 3 heterocycles. The fourth-order valence-electron chi connectivity index (χ4n) is 4.60. The van der Waals surface area contributed by atoms with Crippen molar-refractivity contribution in [2.75, 3.05) is 10.6 Å². The van der Waals surface area contributed by atoms with Crippen LogP contribution in [0.2, 0.25) is 0 Å². The van der Waals surface area contributed by atoms with Crippen molar-refractivity contribution in [3.63, 3.8) is 0 Å². The van der Waals surface area contributed by atoms with Crippen LogP contribution < -0.4 is 10.6 Å². The normalized spacial score (nSPS) is 13.7. The van der Waals surface area contributed by atoms with Crippen LogP contribution in [0.1, 0.15) is 30.9 Å². The molecule has 1 aliphatic rings. The van der Waals surface area contributed by atoms with E-state index in [1.165, 1.54) is 17.5 Å². The minimum atomic E-state index is -0.352. The van der Waals surface area contributed by atoms with E-state index in [9.17, 15) is 4.79 Å². The van der Waals surface area contributed by atoms with Gasteiger partial charge in [-0.05, 0) is 79.3 Å². The molecule has 0 atom stereocenters. The summed E-state index contributed by atoms with van der Waals surface area (Å²) in [6, 6.07) is 18.4. The molecule has 0 unspecified atom stereocenters. The fourth-order valence-corrected chi connectivity index (χ4v) is 4.60. The summed E-state index contributed by atoms with van der Waals surface area (Å²) < 4.78 is 2.03. The van der Waals surface area contributed by atoms with Gasteiger partial charge in [-0.25, -0.2) is 15.0 Å². The van der Waals surface area contributed by atoms with E-state index in [-0.39, 0.29) is 11.3 Å². The highest BCUT2D eigenvalue weighted by molar-refractivity contribution is 6.05. The van der Waals surface area contributed by atoms with Crippen LogP contribution >= 0.6 is 0 Å². The number of aromatic nitrogens is 4. The van der Waals surface area contributed by atoms with E-state index < -0.39 is 0 Å². The van der Waals surface area contributed by atoms with E-state index in [2.05, 4.69) is 80.0 Å². The van der Waals surface area contributed by atoms with Crippen LogP contribution in [0.3, 0.4) is 0 Å². The molecular weight excluding hydrogens is 436 g/mol. The number of fused-ring (bicyclic) bond motifs is 2. The Labute approximate surface area is 202 Å². The zero-order valence-electron chi connectivity index (χ0n) is 19.1. The van der Waals surface area contributed by atoms with Gasteiger partial charge in [-0.3, -0.25) is 4.79 Å². The van der Waals surface area contributed by atoms with Gasteiger partial charge in [-0.1, -0.05) is 18.1 Å². The third-order valence-corrected chi connectivity index (χ3v) is 6.53. The second kappa shape index (κ2) is 8.26. The van der Waals surface area contributed by atoms with E-state index in [0.29, 0.717) is 11.5 Å². The van der Waals surface area contributed by atoms with Crippen molar-refractivity contribution >= 4 is 39.6 Å². The number of hydrogen-bond acceptors (Lipinski definition) is 5. The Kier molecular flexibility index (Phi) is 4.93. The number of pyridine rings is 1. The summed E-state index contributed by atoms with van der Waals surface area (Å²) in [5, 5.41) is 7.00. The molecular formula is C28H22N6O. The fraction of sp³-hybridized carbons (Fsp3) is 0.143. The summed E-state index contributed by atoms with van der Waals surface area (Å²) in [4.78, 5) is 25.1. The number of hydrogen-bond donors (Lipinski definition) is 2. The quantitative estimate of drug-likeness (QED) is 0.360. The van der Waals surface area contributed by atoms with E-state index in [1.54, 1.807) is 13.0 Å². The topological polar surface area (TPSA) is 84.2 Å². The SMILES string of the molecule is CC#CC(=O)Nc1ccc2ncnc(Nc3ccc(C4(c5ccn6ccnc6c5)CC4)cc3)c2c1. The molecule has 2 N–H and O–H groups in total. The lowest BCUT2D eigenvalue weighted by Crippen LogP contribution is -2.09. The molecule has 7 nitrogen and oxygen atoms in total. The standard InChI is InChI=1S/C28H22N6O/c1-2-3-26(35)32-22-8-9-24-23(17-22)27(31-18-30-24)33-21-6-4-19(5-7-21)28(11-12-28)20-10-14-34-15-13-29-25(34)16-20/h4-10,13-18H,11-12H2,1H3,(H,32,35)(H,30,31,33). The first-order chi connectivity index (χ1) is 17.1. The average molecular weight is 459 g/mol. The molecule has 1 saturated carbocycles. The monoisotopic (exact) mass is 458 g/mol. The summed E-state index contributed by atoms with van der Waals surface area (Å²) in [6.45, 7) is 1.63. The summed E-state index contributed by atoms with van der Waals surface area (Å²) in [5.74, 6) is 5.41. The zero-order chi connectivity index (χ0) is 23.8. The Bertz CT molecular complexity index is 1640. The number of nitrogens with zero attached hydrogens (tertiary/aromatic N) is 4. The van der Waals surface area contributed by atoms with Crippen LogP contribution in [0.4, 0.5) is 17.2 Å². The van der Waals surface area contributed by atoms with Crippen molar-refractivity contribution in [1.29, 1.82) is 0 Å². The van der Waals surface area contributed by atoms with Gasteiger partial charge >= 0.3 is 0 Å². The van der Waals surface area contributed by atoms with Crippen LogP contribution in [0, 0.1) is 11.8 Å². The summed E-state index contributed by atoms with van der Waals surface area (Å²) >= 11 is 0. The van der Waals surface area contributed by atoms with Gasteiger partial charge in [0.15, 0.2) is 0 Å². The first-order valence-electron chi connectivity index (χ1n) is 11.4. The van der Waals surface area contributed by atoms with Crippen LogP contribution in [0.5, 0.6) is 0 Å². The molecule has 5 aromatic rings. The molecule has 0 spiro atoms. The molecule has 1 aliphatic carbocycles. The van der Waals surface area contributed by atoms with Crippen LogP contribution in [-0.2, 0) is 10.2 Å². The first-order valence-corrected chi connectivity index (χ1v) is 11.4. The van der Waals surface area contributed by atoms with Gasteiger partial charge in [0.2, 0.25) is 0 Å². The van der Waals surface area contributed by atoms with Gasteiger partial charge in [0, 0.05) is 40.8 Å². The molecule has 0 bridgehead atoms. The molecule has 7 heteroatoms. The molecule has 1 amide bonds. The Hall–Kier alpha value is -4.70. The number of benzene rings is 2. The highest BCUT2D eigenvalue weighted by atomic mass is 16.1. The summed E-state index contributed by atoms with van der Waals surface area (Å²) in [5.41, 5.74) is 5.99. The number of imidazole rings is 1. The predicted molar refractivity (Wildman–Crippen MR) is 137 cm³/mol. The Balaban J connectivity index is 1.27. The van der Waals surface area contributed by atoms with Gasteiger partial charge in [0.25, 0.3) is 5.91 Å². The third kappa shape index (κ3) is 3.85. The lowest BCUT2D eigenvalue weighted by molar-refractivity contribution is -0.111. The number of carbonyl (C=O) groups excluding carboxylic acids is 1. The van der Waals surface area contributed by atoms with Crippen LogP contribution in [0.15, 0.2) is 79.5 Å². The third-order valence-electron chi connectivity index (χ3n) is 6.53. The molecule has 170 valence electrons. The number of nitrogens with one attached hydrogen (secondary N) is 2. The van der Waals surface area contributed by atoms with E-state index in [0.717, 1.165) is 35.1 Å². The summed E-state index contributed by atoms with van der Waals surface area (Å²) in [6.07, 6.45) is 9.66. The van der Waals surface area contributed by atoms with Gasteiger partial charge in [0.1, 0.15) is 17.8 Å². The molecule has 0 radical (unpaired) electrons. The lowest BCUT2D eigenvalue weighted by atomic mass is 9.88. The number of rotatable bonds is 5. The molecule has 2 aromatic carbocycles. The zero-order valence-corrected chi connectivity index (χ0v) is 19.1. The average Bonchev–Trinajstić information content (AvgIpc) is 3.55. The molecule has 3 aromatic heterocycles. The van der Waals surface area contributed by atoms with Crippen molar-refractivity contribution in [2.24, 2.45) is 0 Å². The first kappa shape index (κ1) is 20.9. The van der Waals surface area contributed by atoms with Gasteiger partial charge < -0.3 is 15.0 Å². The lowest BCUT2D eigenvalue weighted by Gasteiger charge is -2.17. The van der Waals surface area contributed by atoms with E-state index >= 15 is 0 Å².